The van der Waals surface area contributed by atoms with Crippen LogP contribution in [-0.4, -0.2) is 27.0 Å². The second kappa shape index (κ2) is 5.64. The van der Waals surface area contributed by atoms with Gasteiger partial charge in [-0.2, -0.15) is 0 Å². The van der Waals surface area contributed by atoms with Crippen molar-refractivity contribution in [3.05, 3.63) is 28.6 Å². The summed E-state index contributed by atoms with van der Waals surface area (Å²) in [7, 11) is 0. The van der Waals surface area contributed by atoms with Gasteiger partial charge in [0.2, 0.25) is 0 Å². The molecule has 19 heavy (non-hydrogen) atoms. The van der Waals surface area contributed by atoms with Crippen LogP contribution in [0, 0.1) is 16.0 Å². The molecule has 0 bridgehead atoms. The lowest BCUT2D eigenvalue weighted by Crippen LogP contribution is -2.29. The number of nitrogens with zero attached hydrogens (tertiary/aromatic N) is 2. The molecule has 0 amide bonds. The lowest BCUT2D eigenvalue weighted by molar-refractivity contribution is -0.384. The van der Waals surface area contributed by atoms with E-state index in [0.29, 0.717) is 31.4 Å². The van der Waals surface area contributed by atoms with Crippen molar-refractivity contribution in [1.82, 2.24) is 4.98 Å². The van der Waals surface area contributed by atoms with Gasteiger partial charge in [0.25, 0.3) is 0 Å². The molecule has 1 aromatic heterocycles. The Morgan fingerprint density at radius 1 is 1.42 bits per heavy atom. The number of carboxylic acid groups (broad SMARTS) is 1. The molecule has 1 aliphatic rings. The summed E-state index contributed by atoms with van der Waals surface area (Å²) in [5, 5.41) is 22.9. The Hall–Kier alpha value is -2.18. The van der Waals surface area contributed by atoms with Crippen LogP contribution in [-0.2, 0) is 4.79 Å². The van der Waals surface area contributed by atoms with E-state index >= 15 is 0 Å². The van der Waals surface area contributed by atoms with Crippen LogP contribution < -0.4 is 5.32 Å². The van der Waals surface area contributed by atoms with Crippen molar-refractivity contribution in [2.24, 2.45) is 5.92 Å². The highest BCUT2D eigenvalue weighted by molar-refractivity contribution is 5.70. The van der Waals surface area contributed by atoms with Gasteiger partial charge in [-0.3, -0.25) is 19.9 Å². The quantitative estimate of drug-likeness (QED) is 0.637. The third-order valence-corrected chi connectivity index (χ3v) is 3.43. The summed E-state index contributed by atoms with van der Waals surface area (Å²) in [5.41, 5.74) is 0.390. The fourth-order valence-corrected chi connectivity index (χ4v) is 2.36. The summed E-state index contributed by atoms with van der Waals surface area (Å²) in [4.78, 5) is 25.0. The predicted octanol–water partition coefficient (Wildman–Crippen LogP) is 2.05. The molecule has 1 heterocycles. The van der Waals surface area contributed by atoms with Crippen LogP contribution in [0.5, 0.6) is 0 Å². The van der Waals surface area contributed by atoms with Gasteiger partial charge in [-0.25, -0.2) is 0 Å². The fourth-order valence-electron chi connectivity index (χ4n) is 2.36. The highest BCUT2D eigenvalue weighted by Crippen LogP contribution is 2.29. The molecule has 7 heteroatoms. The van der Waals surface area contributed by atoms with Crippen molar-refractivity contribution in [3.8, 4) is 0 Å². The van der Waals surface area contributed by atoms with E-state index < -0.39 is 10.9 Å². The third-order valence-electron chi connectivity index (χ3n) is 3.43. The van der Waals surface area contributed by atoms with Crippen LogP contribution in [0.3, 0.4) is 0 Å². The Morgan fingerprint density at radius 2 is 2.11 bits per heavy atom. The Kier molecular flexibility index (Phi) is 3.94. The molecule has 0 aliphatic heterocycles. The van der Waals surface area contributed by atoms with E-state index in [4.69, 9.17) is 5.11 Å². The van der Waals surface area contributed by atoms with Crippen molar-refractivity contribution in [2.75, 3.05) is 5.32 Å². The Balaban J connectivity index is 2.00. The van der Waals surface area contributed by atoms with Gasteiger partial charge in [-0.05, 0) is 31.7 Å². The molecule has 102 valence electrons. The molecule has 0 aromatic carbocycles. The average Bonchev–Trinajstić information content (AvgIpc) is 2.39. The van der Waals surface area contributed by atoms with E-state index in [1.807, 2.05) is 0 Å². The largest absolute Gasteiger partial charge is 0.481 e. The molecule has 0 atom stereocenters. The van der Waals surface area contributed by atoms with Crippen molar-refractivity contribution in [2.45, 2.75) is 31.7 Å². The molecule has 0 unspecified atom stereocenters. The molecule has 1 aliphatic carbocycles. The number of nitro groups is 1. The number of nitrogens with one attached hydrogen (secondary N) is 1. The summed E-state index contributed by atoms with van der Waals surface area (Å²) in [6.07, 6.45) is 5.33. The molecule has 2 rings (SSSR count). The SMILES string of the molecule is O=C(O)C1CCC(Nc2ccncc2[N+](=O)[O-])CC1. The van der Waals surface area contributed by atoms with Gasteiger partial charge < -0.3 is 10.4 Å². The molecule has 0 spiro atoms. The van der Waals surface area contributed by atoms with Crippen molar-refractivity contribution in [1.29, 1.82) is 0 Å². The molecule has 0 radical (unpaired) electrons. The zero-order valence-electron chi connectivity index (χ0n) is 10.3. The van der Waals surface area contributed by atoms with Crippen LogP contribution >= 0.6 is 0 Å². The first-order chi connectivity index (χ1) is 9.08. The first kappa shape index (κ1) is 13.3. The first-order valence-corrected chi connectivity index (χ1v) is 6.15. The number of aromatic nitrogens is 1. The monoisotopic (exact) mass is 265 g/mol. The normalized spacial score (nSPS) is 22.7. The van der Waals surface area contributed by atoms with Crippen LogP contribution in [0.15, 0.2) is 18.5 Å². The van der Waals surface area contributed by atoms with Crippen LogP contribution in [0.2, 0.25) is 0 Å². The second-order valence-corrected chi connectivity index (χ2v) is 4.68. The molecule has 1 fully saturated rings. The van der Waals surface area contributed by atoms with Gasteiger partial charge in [0.15, 0.2) is 0 Å². The zero-order valence-corrected chi connectivity index (χ0v) is 10.3. The Bertz CT molecular complexity index is 484. The number of aliphatic carboxylic acids is 1. The zero-order chi connectivity index (χ0) is 13.8. The lowest BCUT2D eigenvalue weighted by atomic mass is 9.86. The smallest absolute Gasteiger partial charge is 0.310 e. The molecule has 1 saturated carbocycles. The highest BCUT2D eigenvalue weighted by Gasteiger charge is 2.27. The summed E-state index contributed by atoms with van der Waals surface area (Å²) in [5.74, 6) is -1.04. The van der Waals surface area contributed by atoms with Crippen LogP contribution in [0.25, 0.3) is 0 Å². The fraction of sp³-hybridized carbons (Fsp3) is 0.500. The highest BCUT2D eigenvalue weighted by atomic mass is 16.6. The van der Waals surface area contributed by atoms with Crippen molar-refractivity contribution < 1.29 is 14.8 Å². The van der Waals surface area contributed by atoms with E-state index in [1.165, 1.54) is 12.4 Å². The van der Waals surface area contributed by atoms with Crippen LogP contribution in [0.4, 0.5) is 11.4 Å². The minimum atomic E-state index is -0.756. The number of anilines is 1. The van der Waals surface area contributed by atoms with E-state index in [0.717, 1.165) is 0 Å². The maximum absolute atomic E-state index is 10.9. The summed E-state index contributed by atoms with van der Waals surface area (Å²) >= 11 is 0. The number of carbonyl (C=O) groups is 1. The number of rotatable bonds is 4. The molecular formula is C12H15N3O4. The van der Waals surface area contributed by atoms with Crippen molar-refractivity contribution in [3.63, 3.8) is 0 Å². The molecule has 0 saturated heterocycles. The lowest BCUT2D eigenvalue weighted by Gasteiger charge is -2.27. The van der Waals surface area contributed by atoms with E-state index in [2.05, 4.69) is 10.3 Å². The van der Waals surface area contributed by atoms with E-state index in [1.54, 1.807) is 6.07 Å². The Morgan fingerprint density at radius 3 is 2.68 bits per heavy atom. The molecule has 1 aromatic rings. The van der Waals surface area contributed by atoms with E-state index in [9.17, 15) is 14.9 Å². The number of pyridine rings is 1. The number of hydrogen-bond acceptors (Lipinski definition) is 5. The molecule has 2 N–H and O–H groups in total. The summed E-state index contributed by atoms with van der Waals surface area (Å²) < 4.78 is 0. The van der Waals surface area contributed by atoms with Gasteiger partial charge in [-0.15, -0.1) is 0 Å². The summed E-state index contributed by atoms with van der Waals surface area (Å²) in [6, 6.07) is 1.65. The number of hydrogen-bond donors (Lipinski definition) is 2. The first-order valence-electron chi connectivity index (χ1n) is 6.15. The van der Waals surface area contributed by atoms with Gasteiger partial charge in [0, 0.05) is 12.2 Å². The topological polar surface area (TPSA) is 105 Å². The van der Waals surface area contributed by atoms with Gasteiger partial charge in [0.05, 0.1) is 10.8 Å². The number of carboxylic acids is 1. The van der Waals surface area contributed by atoms with Crippen LogP contribution in [0.1, 0.15) is 25.7 Å². The van der Waals surface area contributed by atoms with Crippen molar-refractivity contribution >= 4 is 17.3 Å². The minimum absolute atomic E-state index is 0.0529. The third kappa shape index (κ3) is 3.18. The molecular weight excluding hydrogens is 250 g/mol. The predicted molar refractivity (Wildman–Crippen MR) is 67.9 cm³/mol. The van der Waals surface area contributed by atoms with Gasteiger partial charge in [0.1, 0.15) is 11.9 Å². The average molecular weight is 265 g/mol. The van der Waals surface area contributed by atoms with Gasteiger partial charge in [-0.1, -0.05) is 0 Å². The second-order valence-electron chi connectivity index (χ2n) is 4.68. The standard InChI is InChI=1S/C12H15N3O4/c16-12(17)8-1-3-9(4-2-8)14-10-5-6-13-7-11(10)15(18)19/h5-9H,1-4H2,(H,13,14)(H,16,17). The maximum Gasteiger partial charge on any atom is 0.310 e. The Labute approximate surface area is 109 Å². The molecule has 7 nitrogen and oxygen atoms in total. The summed E-state index contributed by atoms with van der Waals surface area (Å²) in [6.45, 7) is 0. The minimum Gasteiger partial charge on any atom is -0.481 e. The maximum atomic E-state index is 10.9. The van der Waals surface area contributed by atoms with E-state index in [-0.39, 0.29) is 17.6 Å². The van der Waals surface area contributed by atoms with Gasteiger partial charge >= 0.3 is 11.7 Å².